The van der Waals surface area contributed by atoms with Crippen LogP contribution in [0.4, 0.5) is 11.4 Å². The summed E-state index contributed by atoms with van der Waals surface area (Å²) in [6.07, 6.45) is 10.9. The zero-order chi connectivity index (χ0) is 18.0. The Hall–Kier alpha value is -2.80. The Bertz CT molecular complexity index is 992. The fraction of sp³-hybridized carbons (Fsp3) is 0.200. The van der Waals surface area contributed by atoms with E-state index in [4.69, 9.17) is 0 Å². The molecule has 3 aromatic rings. The lowest BCUT2D eigenvalue weighted by Crippen LogP contribution is -2.18. The fourth-order valence-corrected chi connectivity index (χ4v) is 3.72. The highest BCUT2D eigenvalue weighted by Gasteiger charge is 2.22. The molecule has 0 spiro atoms. The van der Waals surface area contributed by atoms with Crippen molar-refractivity contribution in [1.29, 1.82) is 0 Å². The maximum absolute atomic E-state index is 3.60. The summed E-state index contributed by atoms with van der Waals surface area (Å²) in [6, 6.07) is 21.8. The molecule has 0 heterocycles. The van der Waals surface area contributed by atoms with Crippen LogP contribution in [0, 0.1) is 0 Å². The fourth-order valence-electron chi connectivity index (χ4n) is 3.72. The van der Waals surface area contributed by atoms with Crippen LogP contribution < -0.4 is 5.32 Å². The number of benzene rings is 3. The molecular weight excluding hydrogens is 314 g/mol. The molecule has 0 saturated heterocycles. The molecule has 0 aromatic heterocycles. The van der Waals surface area contributed by atoms with Crippen LogP contribution in [0.15, 0.2) is 85.0 Å². The molecule has 3 aromatic carbocycles. The lowest BCUT2D eigenvalue weighted by Gasteiger charge is -2.27. The average molecular weight is 339 g/mol. The first-order chi connectivity index (χ1) is 12.6. The number of anilines is 2. The monoisotopic (exact) mass is 339 g/mol. The van der Waals surface area contributed by atoms with Crippen LogP contribution in [0.5, 0.6) is 0 Å². The summed E-state index contributed by atoms with van der Waals surface area (Å²) in [6.45, 7) is 4.67. The minimum Gasteiger partial charge on any atom is -0.356 e. The van der Waals surface area contributed by atoms with Crippen molar-refractivity contribution in [1.82, 2.24) is 0 Å². The molecular formula is C25H25N. The first-order valence-electron chi connectivity index (χ1n) is 9.33. The van der Waals surface area contributed by atoms with Crippen LogP contribution in [-0.2, 0) is 11.8 Å². The third kappa shape index (κ3) is 3.43. The van der Waals surface area contributed by atoms with Gasteiger partial charge in [-0.1, -0.05) is 74.5 Å². The van der Waals surface area contributed by atoms with Gasteiger partial charge >= 0.3 is 0 Å². The normalized spacial score (nSPS) is 18.2. The van der Waals surface area contributed by atoms with E-state index >= 15 is 0 Å². The van der Waals surface area contributed by atoms with Crippen molar-refractivity contribution < 1.29 is 0 Å². The quantitative estimate of drug-likeness (QED) is 0.534. The maximum Gasteiger partial charge on any atom is 0.0390 e. The second kappa shape index (κ2) is 6.84. The molecule has 0 aliphatic heterocycles. The third-order valence-electron chi connectivity index (χ3n) is 5.23. The summed E-state index contributed by atoms with van der Waals surface area (Å²) in [5.41, 5.74) is 5.25. The molecule has 0 fully saturated rings. The summed E-state index contributed by atoms with van der Waals surface area (Å²) in [5.74, 6) is 0. The number of rotatable bonds is 2. The van der Waals surface area contributed by atoms with Crippen molar-refractivity contribution in [2.75, 3.05) is 5.32 Å². The predicted molar refractivity (Wildman–Crippen MR) is 113 cm³/mol. The predicted octanol–water partition coefficient (Wildman–Crippen LogP) is 6.92. The van der Waals surface area contributed by atoms with E-state index < -0.39 is 0 Å². The van der Waals surface area contributed by atoms with Crippen molar-refractivity contribution >= 4 is 22.1 Å². The van der Waals surface area contributed by atoms with Crippen LogP contribution in [0.2, 0.25) is 0 Å². The largest absolute Gasteiger partial charge is 0.356 e. The number of hydrogen-bond donors (Lipinski definition) is 1. The average Bonchev–Trinajstić information content (AvgIpc) is 2.71. The van der Waals surface area contributed by atoms with Gasteiger partial charge in [0.25, 0.3) is 0 Å². The number of allylic oxidation sites excluding steroid dienone is 4. The molecule has 1 heteroatoms. The standard InChI is InChI=1S/C25H25N/c1-25(2)16-8-4-3-5-10-20-13-15-23(18-24(20)25)26-22-14-12-19-9-6-7-11-21(19)17-22/h3-9,11-15,17-18,26H,10,16H2,1-2H3/b5-3-,8-4-. The molecule has 130 valence electrons. The SMILES string of the molecule is CC1(C)C/C=C\C=C/Cc2ccc(Nc3ccc4ccccc4c3)cc21. The second-order valence-corrected chi connectivity index (χ2v) is 7.71. The molecule has 1 nitrogen and oxygen atoms in total. The van der Waals surface area contributed by atoms with Crippen molar-refractivity contribution in [3.63, 3.8) is 0 Å². The van der Waals surface area contributed by atoms with E-state index in [1.165, 1.54) is 21.9 Å². The molecule has 1 aliphatic rings. The summed E-state index contributed by atoms with van der Waals surface area (Å²) in [7, 11) is 0. The summed E-state index contributed by atoms with van der Waals surface area (Å²) < 4.78 is 0. The smallest absolute Gasteiger partial charge is 0.0390 e. The van der Waals surface area contributed by atoms with Crippen molar-refractivity contribution in [2.24, 2.45) is 0 Å². The number of nitrogens with one attached hydrogen (secondary N) is 1. The minimum atomic E-state index is 0.124. The lowest BCUT2D eigenvalue weighted by atomic mass is 9.78. The molecule has 4 rings (SSSR count). The third-order valence-corrected chi connectivity index (χ3v) is 5.23. The molecule has 1 N–H and O–H groups in total. The highest BCUT2D eigenvalue weighted by molar-refractivity contribution is 5.86. The molecule has 0 amide bonds. The first-order valence-corrected chi connectivity index (χ1v) is 9.33. The van der Waals surface area contributed by atoms with E-state index in [0.29, 0.717) is 0 Å². The van der Waals surface area contributed by atoms with Crippen molar-refractivity contribution in [3.8, 4) is 0 Å². The Morgan fingerprint density at radius 3 is 2.38 bits per heavy atom. The van der Waals surface area contributed by atoms with E-state index in [2.05, 4.69) is 104 Å². The lowest BCUT2D eigenvalue weighted by molar-refractivity contribution is 0.530. The van der Waals surface area contributed by atoms with Gasteiger partial charge in [0.15, 0.2) is 0 Å². The van der Waals surface area contributed by atoms with Gasteiger partial charge in [-0.05, 0) is 64.4 Å². The Labute approximate surface area is 156 Å². The van der Waals surface area contributed by atoms with Crippen LogP contribution in [0.25, 0.3) is 10.8 Å². The first kappa shape index (κ1) is 16.7. The van der Waals surface area contributed by atoms with Gasteiger partial charge < -0.3 is 5.32 Å². The van der Waals surface area contributed by atoms with Gasteiger partial charge in [0, 0.05) is 11.4 Å². The van der Waals surface area contributed by atoms with Crippen LogP contribution >= 0.6 is 0 Å². The number of fused-ring (bicyclic) bond motifs is 2. The summed E-state index contributed by atoms with van der Waals surface area (Å²) in [5, 5.41) is 6.13. The molecule has 0 atom stereocenters. The van der Waals surface area contributed by atoms with E-state index in [1.807, 2.05) is 0 Å². The van der Waals surface area contributed by atoms with Gasteiger partial charge in [-0.15, -0.1) is 0 Å². The molecule has 1 aliphatic carbocycles. The topological polar surface area (TPSA) is 12.0 Å². The number of hydrogen-bond acceptors (Lipinski definition) is 1. The van der Waals surface area contributed by atoms with E-state index in [-0.39, 0.29) is 5.41 Å². The van der Waals surface area contributed by atoms with Crippen LogP contribution in [0.1, 0.15) is 31.4 Å². The zero-order valence-electron chi connectivity index (χ0n) is 15.5. The zero-order valence-corrected chi connectivity index (χ0v) is 15.5. The highest BCUT2D eigenvalue weighted by atomic mass is 14.9. The van der Waals surface area contributed by atoms with Gasteiger partial charge in [-0.3, -0.25) is 0 Å². The Balaban J connectivity index is 1.69. The van der Waals surface area contributed by atoms with Crippen molar-refractivity contribution in [2.45, 2.75) is 32.1 Å². The van der Waals surface area contributed by atoms with Crippen LogP contribution in [0.3, 0.4) is 0 Å². The van der Waals surface area contributed by atoms with E-state index in [9.17, 15) is 0 Å². The Morgan fingerprint density at radius 1 is 0.769 bits per heavy atom. The second-order valence-electron chi connectivity index (χ2n) is 7.71. The summed E-state index contributed by atoms with van der Waals surface area (Å²) >= 11 is 0. The Kier molecular flexibility index (Phi) is 4.38. The van der Waals surface area contributed by atoms with Crippen molar-refractivity contribution in [3.05, 3.63) is 96.1 Å². The molecule has 0 saturated carbocycles. The summed E-state index contributed by atoms with van der Waals surface area (Å²) in [4.78, 5) is 0. The van der Waals surface area contributed by atoms with Crippen LogP contribution in [-0.4, -0.2) is 0 Å². The van der Waals surface area contributed by atoms with Gasteiger partial charge in [0.1, 0.15) is 0 Å². The molecule has 0 bridgehead atoms. The van der Waals surface area contributed by atoms with E-state index in [1.54, 1.807) is 0 Å². The maximum atomic E-state index is 3.60. The molecule has 0 radical (unpaired) electrons. The highest BCUT2D eigenvalue weighted by Crippen LogP contribution is 2.34. The minimum absolute atomic E-state index is 0.124. The van der Waals surface area contributed by atoms with Gasteiger partial charge in [0.05, 0.1) is 0 Å². The van der Waals surface area contributed by atoms with E-state index in [0.717, 1.165) is 24.2 Å². The van der Waals surface area contributed by atoms with Gasteiger partial charge in [-0.25, -0.2) is 0 Å². The Morgan fingerprint density at radius 2 is 1.50 bits per heavy atom. The molecule has 26 heavy (non-hydrogen) atoms. The molecule has 0 unspecified atom stereocenters. The van der Waals surface area contributed by atoms with Gasteiger partial charge in [0.2, 0.25) is 0 Å². The van der Waals surface area contributed by atoms with Gasteiger partial charge in [-0.2, -0.15) is 0 Å².